The fourth-order valence-corrected chi connectivity index (χ4v) is 4.12. The maximum Gasteiger partial charge on any atom is 0.271 e. The summed E-state index contributed by atoms with van der Waals surface area (Å²) in [6.45, 7) is 0.618. The van der Waals surface area contributed by atoms with Crippen LogP contribution in [0.25, 0.3) is 0 Å². The number of benzene rings is 1. The van der Waals surface area contributed by atoms with Crippen LogP contribution < -0.4 is 4.74 Å². The molecule has 1 aromatic carbocycles. The van der Waals surface area contributed by atoms with Crippen molar-refractivity contribution in [2.24, 2.45) is 5.41 Å². The van der Waals surface area contributed by atoms with Gasteiger partial charge in [0.1, 0.15) is 5.75 Å². The van der Waals surface area contributed by atoms with Gasteiger partial charge >= 0.3 is 0 Å². The van der Waals surface area contributed by atoms with Gasteiger partial charge in [-0.3, -0.25) is 10.1 Å². The maximum atomic E-state index is 10.8. The first kappa shape index (κ1) is 15.3. The second-order valence-electron chi connectivity index (χ2n) is 4.77. The Morgan fingerprint density at radius 1 is 1.32 bits per heavy atom. The first-order valence-corrected chi connectivity index (χ1v) is 8.50. The SMILES string of the molecule is O=[N+]([O-])c1cc(Br)c(OCC2(CBr)CCC2)c(Br)c1. The lowest BCUT2D eigenvalue weighted by molar-refractivity contribution is -0.385. The normalized spacial score (nSPS) is 16.8. The summed E-state index contributed by atoms with van der Waals surface area (Å²) in [5.74, 6) is 0.623. The van der Waals surface area contributed by atoms with Gasteiger partial charge in [0.05, 0.1) is 20.5 Å². The molecule has 0 atom stereocenters. The van der Waals surface area contributed by atoms with Crippen LogP contribution in [-0.4, -0.2) is 16.9 Å². The van der Waals surface area contributed by atoms with Crippen LogP contribution in [0.1, 0.15) is 19.3 Å². The van der Waals surface area contributed by atoms with E-state index in [0.717, 1.165) is 18.2 Å². The van der Waals surface area contributed by atoms with Gasteiger partial charge in [-0.25, -0.2) is 0 Å². The van der Waals surface area contributed by atoms with E-state index in [-0.39, 0.29) is 11.1 Å². The lowest BCUT2D eigenvalue weighted by Crippen LogP contribution is -2.37. The largest absolute Gasteiger partial charge is 0.491 e. The van der Waals surface area contributed by atoms with Crippen LogP contribution in [0.4, 0.5) is 5.69 Å². The molecular weight excluding hydrogens is 446 g/mol. The maximum absolute atomic E-state index is 10.8. The number of nitrogens with zero attached hydrogens (tertiary/aromatic N) is 1. The summed E-state index contributed by atoms with van der Waals surface area (Å²) in [6.07, 6.45) is 3.54. The topological polar surface area (TPSA) is 52.4 Å². The van der Waals surface area contributed by atoms with Crippen LogP contribution in [0.2, 0.25) is 0 Å². The Morgan fingerprint density at radius 3 is 2.26 bits per heavy atom. The molecule has 0 amide bonds. The van der Waals surface area contributed by atoms with E-state index in [4.69, 9.17) is 4.74 Å². The third-order valence-electron chi connectivity index (χ3n) is 3.41. The predicted molar refractivity (Wildman–Crippen MR) is 84.1 cm³/mol. The van der Waals surface area contributed by atoms with Crippen molar-refractivity contribution in [2.75, 3.05) is 11.9 Å². The number of hydrogen-bond acceptors (Lipinski definition) is 3. The van der Waals surface area contributed by atoms with Gasteiger partial charge in [-0.2, -0.15) is 0 Å². The minimum Gasteiger partial charge on any atom is -0.491 e. The fourth-order valence-electron chi connectivity index (χ4n) is 2.01. The van der Waals surface area contributed by atoms with Crippen LogP contribution in [0.5, 0.6) is 5.75 Å². The van der Waals surface area contributed by atoms with Crippen molar-refractivity contribution >= 4 is 53.5 Å². The quantitative estimate of drug-likeness (QED) is 0.352. The van der Waals surface area contributed by atoms with Gasteiger partial charge in [-0.05, 0) is 44.7 Å². The van der Waals surface area contributed by atoms with E-state index in [9.17, 15) is 10.1 Å². The number of alkyl halides is 1. The Balaban J connectivity index is 2.14. The zero-order valence-corrected chi connectivity index (χ0v) is 14.8. The van der Waals surface area contributed by atoms with Gasteiger partial charge in [0, 0.05) is 22.9 Å². The summed E-state index contributed by atoms with van der Waals surface area (Å²) < 4.78 is 7.04. The zero-order chi connectivity index (χ0) is 14.0. The number of hydrogen-bond donors (Lipinski definition) is 0. The van der Waals surface area contributed by atoms with Gasteiger partial charge in [0.2, 0.25) is 0 Å². The molecule has 0 saturated heterocycles. The Hall–Kier alpha value is -0.140. The van der Waals surface area contributed by atoms with Crippen LogP contribution in [0.3, 0.4) is 0 Å². The average molecular weight is 458 g/mol. The molecule has 0 heterocycles. The first-order valence-electron chi connectivity index (χ1n) is 5.80. The molecule has 4 nitrogen and oxygen atoms in total. The number of rotatable bonds is 5. The number of ether oxygens (including phenoxy) is 1. The molecule has 1 aromatic rings. The Kier molecular flexibility index (Phi) is 4.89. The minimum atomic E-state index is -0.425. The van der Waals surface area contributed by atoms with Gasteiger partial charge in [0.25, 0.3) is 5.69 Å². The van der Waals surface area contributed by atoms with Crippen molar-refractivity contribution in [1.29, 1.82) is 0 Å². The molecule has 1 saturated carbocycles. The highest BCUT2D eigenvalue weighted by Crippen LogP contribution is 2.44. The first-order chi connectivity index (χ1) is 8.97. The molecule has 0 aliphatic heterocycles. The van der Waals surface area contributed by atoms with Crippen molar-refractivity contribution in [3.63, 3.8) is 0 Å². The molecule has 0 spiro atoms. The van der Waals surface area contributed by atoms with Crippen molar-refractivity contribution in [3.8, 4) is 5.75 Å². The summed E-state index contributed by atoms with van der Waals surface area (Å²) in [4.78, 5) is 10.3. The molecule has 0 N–H and O–H groups in total. The number of nitro groups is 1. The Bertz CT molecular complexity index is 474. The monoisotopic (exact) mass is 455 g/mol. The highest BCUT2D eigenvalue weighted by atomic mass is 79.9. The van der Waals surface area contributed by atoms with Gasteiger partial charge in [0.15, 0.2) is 0 Å². The van der Waals surface area contributed by atoms with E-state index in [1.165, 1.54) is 18.6 Å². The summed E-state index contributed by atoms with van der Waals surface area (Å²) >= 11 is 10.2. The van der Waals surface area contributed by atoms with E-state index < -0.39 is 4.92 Å². The molecular formula is C12H12Br3NO3. The third-order valence-corrected chi connectivity index (χ3v) is 5.78. The van der Waals surface area contributed by atoms with Crippen molar-refractivity contribution < 1.29 is 9.66 Å². The number of halogens is 3. The zero-order valence-electron chi connectivity index (χ0n) is 10.00. The second-order valence-corrected chi connectivity index (χ2v) is 7.04. The molecule has 0 radical (unpaired) electrons. The molecule has 0 bridgehead atoms. The van der Waals surface area contributed by atoms with Crippen LogP contribution in [0, 0.1) is 15.5 Å². The van der Waals surface area contributed by atoms with E-state index in [1.807, 2.05) is 0 Å². The Morgan fingerprint density at radius 2 is 1.89 bits per heavy atom. The lowest BCUT2D eigenvalue weighted by atomic mass is 9.71. The predicted octanol–water partition coefficient (Wildman–Crippen LogP) is 5.06. The van der Waals surface area contributed by atoms with Crippen LogP contribution >= 0.6 is 47.8 Å². The molecule has 0 aromatic heterocycles. The van der Waals surface area contributed by atoms with Crippen LogP contribution in [-0.2, 0) is 0 Å². The van der Waals surface area contributed by atoms with Gasteiger partial charge in [-0.15, -0.1) is 0 Å². The minimum absolute atomic E-state index is 0.0324. The van der Waals surface area contributed by atoms with E-state index in [1.54, 1.807) is 0 Å². The lowest BCUT2D eigenvalue weighted by Gasteiger charge is -2.40. The smallest absolute Gasteiger partial charge is 0.271 e. The average Bonchev–Trinajstić information content (AvgIpc) is 2.30. The third kappa shape index (κ3) is 3.31. The van der Waals surface area contributed by atoms with E-state index >= 15 is 0 Å². The van der Waals surface area contributed by atoms with E-state index in [0.29, 0.717) is 21.3 Å². The molecule has 7 heteroatoms. The molecule has 1 aliphatic rings. The molecule has 0 unspecified atom stereocenters. The summed E-state index contributed by atoms with van der Waals surface area (Å²) in [7, 11) is 0. The molecule has 2 rings (SSSR count). The van der Waals surface area contributed by atoms with E-state index in [2.05, 4.69) is 47.8 Å². The van der Waals surface area contributed by atoms with Crippen molar-refractivity contribution in [2.45, 2.75) is 19.3 Å². The number of non-ortho nitro benzene ring substituents is 1. The Labute approximate surface area is 136 Å². The summed E-state index contributed by atoms with van der Waals surface area (Å²) in [5.41, 5.74) is 0.241. The van der Waals surface area contributed by atoms with Crippen molar-refractivity contribution in [1.82, 2.24) is 0 Å². The van der Waals surface area contributed by atoms with Gasteiger partial charge < -0.3 is 4.74 Å². The fraction of sp³-hybridized carbons (Fsp3) is 0.500. The second kappa shape index (κ2) is 6.10. The molecule has 104 valence electrons. The number of nitro benzene ring substituents is 1. The van der Waals surface area contributed by atoms with Crippen molar-refractivity contribution in [3.05, 3.63) is 31.2 Å². The highest BCUT2D eigenvalue weighted by Gasteiger charge is 2.37. The highest BCUT2D eigenvalue weighted by molar-refractivity contribution is 9.11. The van der Waals surface area contributed by atoms with Gasteiger partial charge in [-0.1, -0.05) is 22.4 Å². The molecule has 19 heavy (non-hydrogen) atoms. The molecule has 1 fully saturated rings. The standard InChI is InChI=1S/C12H12Br3NO3/c13-6-12(2-1-3-12)7-19-11-9(14)4-8(16(17)18)5-10(11)15/h4-5H,1-3,6-7H2. The molecule has 1 aliphatic carbocycles. The van der Waals surface area contributed by atoms with Crippen LogP contribution in [0.15, 0.2) is 21.1 Å². The summed E-state index contributed by atoms with van der Waals surface area (Å²) in [6, 6.07) is 2.92. The summed E-state index contributed by atoms with van der Waals surface area (Å²) in [5, 5.41) is 11.7.